The number of nitrogens with zero attached hydrogens (tertiary/aromatic N) is 4. The molecule has 3 fully saturated rings. The summed E-state index contributed by atoms with van der Waals surface area (Å²) in [5, 5.41) is 0. The van der Waals surface area contributed by atoms with Gasteiger partial charge in [0, 0.05) is 30.7 Å². The molecule has 242 valence electrons. The van der Waals surface area contributed by atoms with Crippen LogP contribution in [0.1, 0.15) is 100 Å². The smallest absolute Gasteiger partial charge is 0.416 e. The zero-order valence-corrected chi connectivity index (χ0v) is 25.3. The Labute approximate surface area is 254 Å². The number of rotatable bonds is 8. The van der Waals surface area contributed by atoms with Crippen molar-refractivity contribution in [3.05, 3.63) is 52.7 Å². The Hall–Kier alpha value is -3.18. The molecule has 3 heterocycles. The van der Waals surface area contributed by atoms with Crippen LogP contribution in [-0.2, 0) is 23.6 Å². The van der Waals surface area contributed by atoms with E-state index in [1.165, 1.54) is 11.3 Å². The number of ether oxygens (including phenoxy) is 1. The summed E-state index contributed by atoms with van der Waals surface area (Å²) < 4.78 is 87.0. The van der Waals surface area contributed by atoms with Crippen LogP contribution in [0, 0.1) is 0 Å². The number of carbonyl (C=O) groups is 1. The average molecular weight is 627 g/mol. The minimum Gasteiger partial charge on any atom is -0.439 e. The Kier molecular flexibility index (Phi) is 9.28. The fourth-order valence-corrected chi connectivity index (χ4v) is 7.08. The van der Waals surface area contributed by atoms with Crippen molar-refractivity contribution < 1.29 is 35.9 Å². The van der Waals surface area contributed by atoms with Crippen LogP contribution in [0.4, 0.5) is 42.6 Å². The zero-order valence-electron chi connectivity index (χ0n) is 25.3. The summed E-state index contributed by atoms with van der Waals surface area (Å²) in [6, 6.07) is 3.24. The van der Waals surface area contributed by atoms with E-state index < -0.39 is 41.7 Å². The second-order valence-electron chi connectivity index (χ2n) is 12.2. The second-order valence-corrected chi connectivity index (χ2v) is 12.2. The van der Waals surface area contributed by atoms with E-state index in [1.54, 1.807) is 6.92 Å². The highest BCUT2D eigenvalue weighted by molar-refractivity contribution is 5.72. The van der Waals surface area contributed by atoms with Crippen LogP contribution in [0.3, 0.4) is 0 Å². The van der Waals surface area contributed by atoms with E-state index in [-0.39, 0.29) is 18.2 Å². The summed E-state index contributed by atoms with van der Waals surface area (Å²) in [6.45, 7) is 7.46. The lowest BCUT2D eigenvalue weighted by molar-refractivity contribution is -0.143. The van der Waals surface area contributed by atoms with Crippen molar-refractivity contribution in [1.29, 1.82) is 0 Å². The Morgan fingerprint density at radius 1 is 0.932 bits per heavy atom. The molecule has 44 heavy (non-hydrogen) atoms. The summed E-state index contributed by atoms with van der Waals surface area (Å²) >= 11 is 0. The molecule has 0 bridgehead atoms. The monoisotopic (exact) mass is 626 g/mol. The van der Waals surface area contributed by atoms with Gasteiger partial charge in [-0.2, -0.15) is 26.3 Å². The van der Waals surface area contributed by atoms with Crippen molar-refractivity contribution in [2.75, 3.05) is 22.9 Å². The number of alkyl halides is 6. The van der Waals surface area contributed by atoms with Gasteiger partial charge in [-0.25, -0.2) is 9.78 Å². The number of benzene rings is 1. The van der Waals surface area contributed by atoms with Crippen LogP contribution in [0.25, 0.3) is 0 Å². The van der Waals surface area contributed by atoms with E-state index in [1.807, 2.05) is 12.3 Å². The number of anilines is 2. The molecular formula is C32H40F6N4O2. The van der Waals surface area contributed by atoms with E-state index in [4.69, 9.17) is 9.72 Å². The molecule has 12 heteroatoms. The molecule has 0 spiro atoms. The Balaban J connectivity index is 1.50. The Bertz CT molecular complexity index is 1290. The van der Waals surface area contributed by atoms with E-state index in [0.717, 1.165) is 68.6 Å². The molecule has 6 nitrogen and oxygen atoms in total. The van der Waals surface area contributed by atoms with E-state index in [9.17, 15) is 31.1 Å². The van der Waals surface area contributed by atoms with Crippen LogP contribution >= 0.6 is 0 Å². The molecule has 1 aliphatic carbocycles. The largest absolute Gasteiger partial charge is 0.439 e. The Morgan fingerprint density at radius 2 is 1.59 bits per heavy atom. The summed E-state index contributed by atoms with van der Waals surface area (Å²) in [5.74, 6) is 0.747. The van der Waals surface area contributed by atoms with Gasteiger partial charge in [0.05, 0.1) is 35.6 Å². The predicted molar refractivity (Wildman–Crippen MR) is 155 cm³/mol. The van der Waals surface area contributed by atoms with Crippen molar-refractivity contribution in [3.63, 3.8) is 0 Å². The number of cyclic esters (lactones) is 1. The van der Waals surface area contributed by atoms with E-state index in [0.29, 0.717) is 30.8 Å². The van der Waals surface area contributed by atoms with E-state index in [2.05, 4.69) is 23.6 Å². The molecule has 2 aromatic rings. The summed E-state index contributed by atoms with van der Waals surface area (Å²) in [7, 11) is 0. The molecule has 2 saturated heterocycles. The predicted octanol–water partition coefficient (Wildman–Crippen LogP) is 8.74. The number of amides is 1. The van der Waals surface area contributed by atoms with Crippen molar-refractivity contribution in [1.82, 2.24) is 9.88 Å². The molecule has 3 unspecified atom stereocenters. The number of carbonyl (C=O) groups excluding carboxylic acids is 1. The molecule has 0 N–H and O–H groups in total. The fraction of sp³-hybridized carbons (Fsp3) is 0.625. The number of hydrogen-bond acceptors (Lipinski definition) is 5. The lowest BCUT2D eigenvalue weighted by atomic mass is 9.93. The van der Waals surface area contributed by atoms with Crippen molar-refractivity contribution in [2.45, 2.75) is 115 Å². The number of aromatic nitrogens is 1. The highest BCUT2D eigenvalue weighted by Gasteiger charge is 2.44. The van der Waals surface area contributed by atoms with Gasteiger partial charge in [0.25, 0.3) is 0 Å². The van der Waals surface area contributed by atoms with Gasteiger partial charge in [0.1, 0.15) is 11.9 Å². The highest BCUT2D eigenvalue weighted by Crippen LogP contribution is 2.42. The third-order valence-corrected chi connectivity index (χ3v) is 9.41. The normalized spacial score (nSPS) is 23.4. The first kappa shape index (κ1) is 32.2. The van der Waals surface area contributed by atoms with Gasteiger partial charge in [-0.05, 0) is 75.8 Å². The van der Waals surface area contributed by atoms with Gasteiger partial charge in [-0.15, -0.1) is 0 Å². The van der Waals surface area contributed by atoms with Gasteiger partial charge in [0.15, 0.2) is 0 Å². The number of halogens is 6. The summed E-state index contributed by atoms with van der Waals surface area (Å²) in [6.07, 6.45) is -1.63. The van der Waals surface area contributed by atoms with Crippen molar-refractivity contribution >= 4 is 17.6 Å². The molecular weight excluding hydrogens is 586 g/mol. The highest BCUT2D eigenvalue weighted by atomic mass is 19.4. The fourth-order valence-electron chi connectivity index (χ4n) is 7.08. The maximum Gasteiger partial charge on any atom is 0.416 e. The third-order valence-electron chi connectivity index (χ3n) is 9.41. The lowest BCUT2D eigenvalue weighted by Crippen LogP contribution is -2.39. The SMILES string of the molecule is CCC1CCCN1c1cnc(N(CC)C2CCCCC2)c(CN2C(=O)OC(c3cc(C(F)(F)F)cc(C(F)(F)F)c3)C2C)c1. The second kappa shape index (κ2) is 12.7. The van der Waals surface area contributed by atoms with Crippen LogP contribution in [-0.4, -0.2) is 47.2 Å². The van der Waals surface area contributed by atoms with Crippen molar-refractivity contribution in [3.8, 4) is 0 Å². The standard InChI is InChI=1S/C32H40F6N4O2/c1-4-25-12-9-13-41(25)27-16-22(29(39-18-27)40(5-2)26-10-7-6-8-11-26)19-42-20(3)28(44-30(42)43)21-14-23(31(33,34)35)17-24(15-21)32(36,37)38/h14-18,20,25-26,28H,4-13,19H2,1-3H3. The zero-order chi connectivity index (χ0) is 31.8. The van der Waals surface area contributed by atoms with Gasteiger partial charge < -0.3 is 14.5 Å². The van der Waals surface area contributed by atoms with Gasteiger partial charge in [-0.1, -0.05) is 26.2 Å². The number of pyridine rings is 1. The molecule has 5 rings (SSSR count). The minimum atomic E-state index is -5.00. The van der Waals surface area contributed by atoms with Gasteiger partial charge in [-0.3, -0.25) is 4.90 Å². The first-order valence-electron chi connectivity index (χ1n) is 15.6. The first-order chi connectivity index (χ1) is 20.8. The third kappa shape index (κ3) is 6.59. The molecule has 2 aliphatic heterocycles. The van der Waals surface area contributed by atoms with Crippen LogP contribution in [0.5, 0.6) is 0 Å². The maximum atomic E-state index is 13.6. The molecule has 1 aromatic heterocycles. The molecule has 0 radical (unpaired) electrons. The maximum absolute atomic E-state index is 13.6. The van der Waals surface area contributed by atoms with Crippen LogP contribution < -0.4 is 9.80 Å². The molecule has 1 saturated carbocycles. The van der Waals surface area contributed by atoms with Gasteiger partial charge >= 0.3 is 18.4 Å². The minimum absolute atomic E-state index is 0.0611. The topological polar surface area (TPSA) is 48.9 Å². The summed E-state index contributed by atoms with van der Waals surface area (Å²) in [5.41, 5.74) is -1.50. The molecule has 3 aliphatic rings. The lowest BCUT2D eigenvalue weighted by Gasteiger charge is -2.37. The van der Waals surface area contributed by atoms with Crippen LogP contribution in [0.2, 0.25) is 0 Å². The molecule has 1 amide bonds. The van der Waals surface area contributed by atoms with Crippen molar-refractivity contribution in [2.24, 2.45) is 0 Å². The molecule has 3 atom stereocenters. The Morgan fingerprint density at radius 3 is 2.18 bits per heavy atom. The number of hydrogen-bond donors (Lipinski definition) is 0. The van der Waals surface area contributed by atoms with E-state index >= 15 is 0 Å². The molecule has 1 aromatic carbocycles. The van der Waals surface area contributed by atoms with Crippen LogP contribution in [0.15, 0.2) is 30.5 Å². The summed E-state index contributed by atoms with van der Waals surface area (Å²) in [4.78, 5) is 24.2. The van der Waals surface area contributed by atoms with Gasteiger partial charge in [0.2, 0.25) is 0 Å². The average Bonchev–Trinajstić information content (AvgIpc) is 3.58. The quantitative estimate of drug-likeness (QED) is 0.274. The first-order valence-corrected chi connectivity index (χ1v) is 15.6.